The molecule has 1 saturated carbocycles. The van der Waals surface area contributed by atoms with Gasteiger partial charge in [0.1, 0.15) is 17.5 Å². The van der Waals surface area contributed by atoms with Crippen LogP contribution in [-0.4, -0.2) is 55.1 Å². The molecule has 8 nitrogen and oxygen atoms in total. The minimum Gasteiger partial charge on any atom is -0.396 e. The predicted octanol–water partition coefficient (Wildman–Crippen LogP) is 1.75. The molecule has 0 aromatic carbocycles. The molecule has 160 valence electrons. The average Bonchev–Trinajstić information content (AvgIpc) is 3.34. The van der Waals surface area contributed by atoms with E-state index < -0.39 is 24.2 Å². The first-order valence-electron chi connectivity index (χ1n) is 9.56. The third kappa shape index (κ3) is 4.63. The van der Waals surface area contributed by atoms with Gasteiger partial charge in [0.25, 0.3) is 0 Å². The van der Waals surface area contributed by atoms with E-state index in [1.54, 1.807) is 6.20 Å². The van der Waals surface area contributed by atoms with Crippen molar-refractivity contribution in [2.45, 2.75) is 24.7 Å². The molecule has 1 fully saturated rings. The number of nitrogens with zero attached hydrogens (tertiary/aromatic N) is 3. The number of rotatable bonds is 4. The fourth-order valence-electron chi connectivity index (χ4n) is 3.46. The quantitative estimate of drug-likeness (QED) is 0.295. The number of hydrogen-bond acceptors (Lipinski definition) is 9. The highest BCUT2D eigenvalue weighted by molar-refractivity contribution is 7.16. The molecule has 0 amide bonds. The van der Waals surface area contributed by atoms with E-state index in [0.29, 0.717) is 12.0 Å². The summed E-state index contributed by atoms with van der Waals surface area (Å²) in [5.41, 5.74) is 6.94. The molecule has 0 radical (unpaired) electrons. The van der Waals surface area contributed by atoms with E-state index >= 15 is 0 Å². The number of pyridine rings is 1. The Morgan fingerprint density at radius 2 is 2.00 bits per heavy atom. The summed E-state index contributed by atoms with van der Waals surface area (Å²) in [5, 5.41) is 32.9. The van der Waals surface area contributed by atoms with Gasteiger partial charge in [-0.1, -0.05) is 29.5 Å². The van der Waals surface area contributed by atoms with Crippen molar-refractivity contribution in [2.75, 3.05) is 17.7 Å². The number of aliphatic hydroxyl groups excluding tert-OH is 3. The lowest BCUT2D eigenvalue weighted by atomic mass is 10.1. The van der Waals surface area contributed by atoms with Crippen LogP contribution in [0.2, 0.25) is 5.15 Å². The van der Waals surface area contributed by atoms with Crippen LogP contribution >= 0.6 is 22.9 Å². The maximum atomic E-state index is 10.3. The molecule has 6 N–H and O–H groups in total. The minimum atomic E-state index is -1.08. The van der Waals surface area contributed by atoms with Crippen LogP contribution in [0.4, 0.5) is 11.8 Å². The van der Waals surface area contributed by atoms with Crippen LogP contribution in [0.15, 0.2) is 36.5 Å². The highest BCUT2D eigenvalue weighted by atomic mass is 35.5. The van der Waals surface area contributed by atoms with E-state index in [0.717, 1.165) is 15.4 Å². The highest BCUT2D eigenvalue weighted by Gasteiger charge is 2.41. The first-order chi connectivity index (χ1) is 15.0. The molecule has 0 bridgehead atoms. The predicted molar refractivity (Wildman–Crippen MR) is 120 cm³/mol. The molecular weight excluding hydrogens is 438 g/mol. The molecular formula is C21H20ClN5O3S. The molecule has 10 heteroatoms. The summed E-state index contributed by atoms with van der Waals surface area (Å²) >= 11 is 7.77. The maximum Gasteiger partial charge on any atom is 0.223 e. The maximum absolute atomic E-state index is 10.3. The number of anilines is 2. The fraction of sp³-hybridized carbons (Fsp3) is 0.286. The number of nitrogens with one attached hydrogen (secondary N) is 1. The number of nitrogen functional groups attached to an aromatic ring is 1. The Morgan fingerprint density at radius 1 is 1.16 bits per heavy atom. The summed E-state index contributed by atoms with van der Waals surface area (Å²) in [6.07, 6.45) is -0.0282. The smallest absolute Gasteiger partial charge is 0.223 e. The normalized spacial score (nSPS) is 22.7. The lowest BCUT2D eigenvalue weighted by Gasteiger charge is -2.19. The summed E-state index contributed by atoms with van der Waals surface area (Å²) in [7, 11) is 0. The molecule has 3 aromatic rings. The van der Waals surface area contributed by atoms with Gasteiger partial charge in [-0.05, 0) is 30.7 Å². The van der Waals surface area contributed by atoms with Gasteiger partial charge in [0, 0.05) is 18.7 Å². The third-order valence-electron chi connectivity index (χ3n) is 5.07. The van der Waals surface area contributed by atoms with Crippen LogP contribution in [-0.2, 0) is 0 Å². The molecule has 0 aliphatic heterocycles. The van der Waals surface area contributed by atoms with Crippen molar-refractivity contribution in [2.24, 2.45) is 5.92 Å². The summed E-state index contributed by atoms with van der Waals surface area (Å²) in [6, 6.07) is 9.00. The Labute approximate surface area is 187 Å². The molecule has 3 aromatic heterocycles. The number of nitrogens with two attached hydrogens (primary N) is 1. The van der Waals surface area contributed by atoms with E-state index in [2.05, 4.69) is 32.1 Å². The zero-order valence-electron chi connectivity index (χ0n) is 16.2. The fourth-order valence-corrected chi connectivity index (χ4v) is 4.52. The molecule has 4 rings (SSSR count). The van der Waals surface area contributed by atoms with Gasteiger partial charge in [-0.3, -0.25) is 4.98 Å². The second-order valence-corrected chi connectivity index (χ2v) is 8.58. The van der Waals surface area contributed by atoms with E-state index in [1.807, 2.05) is 30.3 Å². The van der Waals surface area contributed by atoms with E-state index in [1.165, 1.54) is 11.3 Å². The van der Waals surface area contributed by atoms with Crippen LogP contribution in [0.25, 0.3) is 10.6 Å². The van der Waals surface area contributed by atoms with Crippen molar-refractivity contribution < 1.29 is 15.3 Å². The SMILES string of the molecule is Nc1nc(Cl)c(C#Cc2ccc(-c3ccccn3)s2)c(N[C@@H]2C[C@H](CO)[C@@H](O)[C@H]2O)n1. The van der Waals surface area contributed by atoms with Crippen molar-refractivity contribution in [3.8, 4) is 22.4 Å². The monoisotopic (exact) mass is 457 g/mol. The Hall–Kier alpha value is -2.74. The van der Waals surface area contributed by atoms with Crippen LogP contribution in [0.1, 0.15) is 16.9 Å². The van der Waals surface area contributed by atoms with Crippen molar-refractivity contribution in [3.63, 3.8) is 0 Å². The number of thiophene rings is 1. The summed E-state index contributed by atoms with van der Waals surface area (Å²) in [4.78, 5) is 14.3. The van der Waals surface area contributed by atoms with Crippen molar-refractivity contribution in [1.82, 2.24) is 15.0 Å². The Morgan fingerprint density at radius 3 is 2.71 bits per heavy atom. The summed E-state index contributed by atoms with van der Waals surface area (Å²) < 4.78 is 0. The van der Waals surface area contributed by atoms with Gasteiger partial charge in [-0.2, -0.15) is 9.97 Å². The Kier molecular flexibility index (Phi) is 6.36. The van der Waals surface area contributed by atoms with Gasteiger partial charge in [0.15, 0.2) is 5.15 Å². The minimum absolute atomic E-state index is 0.0432. The zero-order chi connectivity index (χ0) is 22.0. The van der Waals surface area contributed by atoms with Gasteiger partial charge < -0.3 is 26.4 Å². The average molecular weight is 458 g/mol. The van der Waals surface area contributed by atoms with Crippen LogP contribution < -0.4 is 11.1 Å². The van der Waals surface area contributed by atoms with Gasteiger partial charge in [-0.25, -0.2) is 0 Å². The third-order valence-corrected chi connectivity index (χ3v) is 6.37. The first kappa shape index (κ1) is 21.5. The second kappa shape index (κ2) is 9.18. The van der Waals surface area contributed by atoms with Crippen LogP contribution in [0.3, 0.4) is 0 Å². The molecule has 0 unspecified atom stereocenters. The zero-order valence-corrected chi connectivity index (χ0v) is 17.8. The van der Waals surface area contributed by atoms with E-state index in [9.17, 15) is 15.3 Å². The molecule has 1 aliphatic rings. The van der Waals surface area contributed by atoms with Crippen molar-refractivity contribution in [3.05, 3.63) is 52.1 Å². The molecule has 0 spiro atoms. The number of hydrogen-bond donors (Lipinski definition) is 5. The van der Waals surface area contributed by atoms with Gasteiger partial charge in [0.05, 0.1) is 27.6 Å². The molecule has 31 heavy (non-hydrogen) atoms. The van der Waals surface area contributed by atoms with Crippen molar-refractivity contribution in [1.29, 1.82) is 0 Å². The molecule has 1 aliphatic carbocycles. The lowest BCUT2D eigenvalue weighted by molar-refractivity contribution is 0.00445. The Balaban J connectivity index is 1.61. The van der Waals surface area contributed by atoms with Crippen LogP contribution in [0, 0.1) is 17.8 Å². The topological polar surface area (TPSA) is 137 Å². The van der Waals surface area contributed by atoms with E-state index in [4.69, 9.17) is 17.3 Å². The molecule has 3 heterocycles. The van der Waals surface area contributed by atoms with Gasteiger partial charge in [-0.15, -0.1) is 11.3 Å². The molecule has 0 saturated heterocycles. The van der Waals surface area contributed by atoms with Crippen molar-refractivity contribution >= 4 is 34.7 Å². The molecule has 4 atom stereocenters. The largest absolute Gasteiger partial charge is 0.396 e. The summed E-state index contributed by atoms with van der Waals surface area (Å²) in [6.45, 7) is -0.229. The first-order valence-corrected chi connectivity index (χ1v) is 10.8. The standard InChI is InChI=1S/C21H20ClN5O3S/c22-19-13(6-4-12-5-7-16(31-12)14-3-1-2-8-24-14)20(27-21(23)26-19)25-15-9-11(10-28)17(29)18(15)30/h1-3,5,7-8,11,15,17-18,28-30H,9-10H2,(H3,23,25,26,27)/t11-,15-,17-,18+/m1/s1. The van der Waals surface area contributed by atoms with E-state index in [-0.39, 0.29) is 23.5 Å². The van der Waals surface area contributed by atoms with Gasteiger partial charge in [0.2, 0.25) is 5.95 Å². The second-order valence-electron chi connectivity index (χ2n) is 7.14. The number of halogens is 1. The Bertz CT molecular complexity index is 1130. The number of aromatic nitrogens is 3. The van der Waals surface area contributed by atoms with Crippen LogP contribution in [0.5, 0.6) is 0 Å². The van der Waals surface area contributed by atoms with Gasteiger partial charge >= 0.3 is 0 Å². The highest BCUT2D eigenvalue weighted by Crippen LogP contribution is 2.31. The number of aliphatic hydroxyl groups is 3. The lowest BCUT2D eigenvalue weighted by Crippen LogP contribution is -2.35. The summed E-state index contributed by atoms with van der Waals surface area (Å²) in [5.74, 6) is 5.83.